The SMILES string of the molecule is C=C(CC1=CC(=O)CC(C)(C)C1)C(=O)O. The minimum atomic E-state index is -0.994. The molecule has 0 spiro atoms. The summed E-state index contributed by atoms with van der Waals surface area (Å²) in [5, 5.41) is 8.70. The number of rotatable bonds is 3. The monoisotopic (exact) mass is 208 g/mol. The van der Waals surface area contributed by atoms with Crippen molar-refractivity contribution < 1.29 is 14.7 Å². The van der Waals surface area contributed by atoms with Gasteiger partial charge in [-0.3, -0.25) is 4.79 Å². The lowest BCUT2D eigenvalue weighted by molar-refractivity contribution is -0.132. The Morgan fingerprint density at radius 1 is 1.53 bits per heavy atom. The highest BCUT2D eigenvalue weighted by molar-refractivity contribution is 5.92. The molecule has 0 heterocycles. The van der Waals surface area contributed by atoms with Gasteiger partial charge in [-0.15, -0.1) is 0 Å². The van der Waals surface area contributed by atoms with E-state index in [0.29, 0.717) is 12.8 Å². The summed E-state index contributed by atoms with van der Waals surface area (Å²) in [4.78, 5) is 22.0. The summed E-state index contributed by atoms with van der Waals surface area (Å²) in [6.07, 6.45) is 3.17. The lowest BCUT2D eigenvalue weighted by Crippen LogP contribution is -2.22. The Morgan fingerprint density at radius 3 is 2.60 bits per heavy atom. The molecular formula is C12H16O3. The van der Waals surface area contributed by atoms with E-state index >= 15 is 0 Å². The van der Waals surface area contributed by atoms with Gasteiger partial charge in [0.1, 0.15) is 0 Å². The van der Waals surface area contributed by atoms with Crippen LogP contribution in [0.1, 0.15) is 33.1 Å². The number of ketones is 1. The Balaban J connectivity index is 2.75. The van der Waals surface area contributed by atoms with E-state index in [4.69, 9.17) is 5.11 Å². The molecule has 0 aromatic rings. The van der Waals surface area contributed by atoms with Crippen LogP contribution in [0.4, 0.5) is 0 Å². The smallest absolute Gasteiger partial charge is 0.331 e. The molecule has 0 radical (unpaired) electrons. The van der Waals surface area contributed by atoms with Gasteiger partial charge in [-0.25, -0.2) is 4.79 Å². The van der Waals surface area contributed by atoms with Crippen molar-refractivity contribution in [3.8, 4) is 0 Å². The van der Waals surface area contributed by atoms with Crippen LogP contribution in [0.5, 0.6) is 0 Å². The number of carboxylic acid groups (broad SMARTS) is 1. The first-order valence-corrected chi connectivity index (χ1v) is 4.93. The van der Waals surface area contributed by atoms with E-state index in [1.165, 1.54) is 0 Å². The van der Waals surface area contributed by atoms with Gasteiger partial charge in [-0.1, -0.05) is 26.0 Å². The summed E-state index contributed by atoms with van der Waals surface area (Å²) in [7, 11) is 0. The highest BCUT2D eigenvalue weighted by Gasteiger charge is 2.27. The number of aliphatic carboxylic acids is 1. The number of carbonyl (C=O) groups excluding carboxylic acids is 1. The molecule has 0 saturated heterocycles. The first-order chi connectivity index (χ1) is 6.80. The molecule has 0 saturated carbocycles. The molecule has 3 nitrogen and oxygen atoms in total. The van der Waals surface area contributed by atoms with E-state index in [2.05, 4.69) is 6.58 Å². The maximum Gasteiger partial charge on any atom is 0.331 e. The normalized spacial score (nSPS) is 19.6. The molecule has 1 aliphatic carbocycles. The third-order valence-electron chi connectivity index (χ3n) is 2.47. The van der Waals surface area contributed by atoms with Crippen LogP contribution >= 0.6 is 0 Å². The lowest BCUT2D eigenvalue weighted by Gasteiger charge is -2.28. The molecule has 82 valence electrons. The molecule has 1 N–H and O–H groups in total. The molecule has 1 rings (SSSR count). The fourth-order valence-corrected chi connectivity index (χ4v) is 1.94. The van der Waals surface area contributed by atoms with E-state index in [0.717, 1.165) is 12.0 Å². The second kappa shape index (κ2) is 4.01. The maximum absolute atomic E-state index is 11.4. The fourth-order valence-electron chi connectivity index (χ4n) is 1.94. The van der Waals surface area contributed by atoms with Crippen molar-refractivity contribution in [2.24, 2.45) is 5.41 Å². The van der Waals surface area contributed by atoms with Crippen LogP contribution in [0.3, 0.4) is 0 Å². The summed E-state index contributed by atoms with van der Waals surface area (Å²) in [5.41, 5.74) is 0.968. The largest absolute Gasteiger partial charge is 0.478 e. The van der Waals surface area contributed by atoms with Gasteiger partial charge in [0, 0.05) is 18.4 Å². The van der Waals surface area contributed by atoms with Crippen LogP contribution in [0.25, 0.3) is 0 Å². The topological polar surface area (TPSA) is 54.4 Å². The predicted octanol–water partition coefficient (Wildman–Crippen LogP) is 2.33. The van der Waals surface area contributed by atoms with Crippen LogP contribution in [-0.2, 0) is 9.59 Å². The van der Waals surface area contributed by atoms with Crippen LogP contribution < -0.4 is 0 Å². The van der Waals surface area contributed by atoms with Gasteiger partial charge in [0.05, 0.1) is 0 Å². The van der Waals surface area contributed by atoms with Crippen molar-refractivity contribution in [3.05, 3.63) is 23.8 Å². The van der Waals surface area contributed by atoms with Crippen LogP contribution in [0.2, 0.25) is 0 Å². The van der Waals surface area contributed by atoms with E-state index in [1.807, 2.05) is 13.8 Å². The lowest BCUT2D eigenvalue weighted by atomic mass is 9.75. The first-order valence-electron chi connectivity index (χ1n) is 4.93. The van der Waals surface area contributed by atoms with Crippen molar-refractivity contribution in [3.63, 3.8) is 0 Å². The van der Waals surface area contributed by atoms with Gasteiger partial charge in [0.25, 0.3) is 0 Å². The number of allylic oxidation sites excluding steroid dienone is 2. The summed E-state index contributed by atoms with van der Waals surface area (Å²) < 4.78 is 0. The van der Waals surface area contributed by atoms with Crippen molar-refractivity contribution >= 4 is 11.8 Å². The molecule has 3 heteroatoms. The Bertz CT molecular complexity index is 348. The molecule has 0 aromatic carbocycles. The minimum Gasteiger partial charge on any atom is -0.478 e. The van der Waals surface area contributed by atoms with Crippen LogP contribution in [0, 0.1) is 5.41 Å². The molecule has 0 aliphatic heterocycles. The second-order valence-corrected chi connectivity index (χ2v) is 4.87. The Kier molecular flexibility index (Phi) is 3.12. The molecule has 0 bridgehead atoms. The number of hydrogen-bond donors (Lipinski definition) is 1. The van der Waals surface area contributed by atoms with E-state index < -0.39 is 5.97 Å². The summed E-state index contributed by atoms with van der Waals surface area (Å²) in [6.45, 7) is 7.50. The Morgan fingerprint density at radius 2 is 2.13 bits per heavy atom. The van der Waals surface area contributed by atoms with Gasteiger partial charge < -0.3 is 5.11 Å². The molecular weight excluding hydrogens is 192 g/mol. The zero-order valence-electron chi connectivity index (χ0n) is 9.17. The second-order valence-electron chi connectivity index (χ2n) is 4.87. The average Bonchev–Trinajstić information content (AvgIpc) is 1.99. The van der Waals surface area contributed by atoms with Gasteiger partial charge in [0.2, 0.25) is 0 Å². The van der Waals surface area contributed by atoms with Crippen LogP contribution in [-0.4, -0.2) is 16.9 Å². The van der Waals surface area contributed by atoms with Crippen molar-refractivity contribution in [1.82, 2.24) is 0 Å². The molecule has 0 amide bonds. The van der Waals surface area contributed by atoms with Gasteiger partial charge >= 0.3 is 5.97 Å². The molecule has 15 heavy (non-hydrogen) atoms. The standard InChI is InChI=1S/C12H16O3/c1-8(11(14)15)4-9-5-10(13)7-12(2,3)6-9/h5H,1,4,6-7H2,2-3H3,(H,14,15). The zero-order valence-corrected chi connectivity index (χ0v) is 9.17. The van der Waals surface area contributed by atoms with Crippen molar-refractivity contribution in [2.45, 2.75) is 33.1 Å². The molecule has 0 aromatic heterocycles. The van der Waals surface area contributed by atoms with Gasteiger partial charge in [-0.2, -0.15) is 0 Å². The summed E-state index contributed by atoms with van der Waals surface area (Å²) >= 11 is 0. The highest BCUT2D eigenvalue weighted by atomic mass is 16.4. The average molecular weight is 208 g/mol. The summed E-state index contributed by atoms with van der Waals surface area (Å²) in [6, 6.07) is 0. The quantitative estimate of drug-likeness (QED) is 0.724. The third kappa shape index (κ3) is 3.35. The highest BCUT2D eigenvalue weighted by Crippen LogP contribution is 2.35. The number of carbonyl (C=O) groups is 2. The minimum absolute atomic E-state index is 0.0556. The summed E-state index contributed by atoms with van der Waals surface area (Å²) in [5.74, 6) is -0.911. The Labute approximate surface area is 89.5 Å². The van der Waals surface area contributed by atoms with Crippen molar-refractivity contribution in [1.29, 1.82) is 0 Å². The number of carboxylic acids is 1. The van der Waals surface area contributed by atoms with Crippen LogP contribution in [0.15, 0.2) is 23.8 Å². The maximum atomic E-state index is 11.4. The zero-order chi connectivity index (χ0) is 11.6. The number of hydrogen-bond acceptors (Lipinski definition) is 2. The molecule has 0 unspecified atom stereocenters. The van der Waals surface area contributed by atoms with E-state index in [-0.39, 0.29) is 16.8 Å². The first kappa shape index (κ1) is 11.7. The van der Waals surface area contributed by atoms with Gasteiger partial charge in [0.15, 0.2) is 5.78 Å². The fraction of sp³-hybridized carbons (Fsp3) is 0.500. The molecule has 0 fully saturated rings. The molecule has 1 aliphatic rings. The van der Waals surface area contributed by atoms with E-state index in [1.54, 1.807) is 6.08 Å². The molecule has 0 atom stereocenters. The predicted molar refractivity (Wildman–Crippen MR) is 57.5 cm³/mol. The van der Waals surface area contributed by atoms with Crippen molar-refractivity contribution in [2.75, 3.05) is 0 Å². The third-order valence-corrected chi connectivity index (χ3v) is 2.47. The Hall–Kier alpha value is -1.38. The van der Waals surface area contributed by atoms with E-state index in [9.17, 15) is 9.59 Å². The van der Waals surface area contributed by atoms with Gasteiger partial charge in [-0.05, 0) is 17.9 Å².